The van der Waals surface area contributed by atoms with Gasteiger partial charge in [0.2, 0.25) is 5.91 Å². The van der Waals surface area contributed by atoms with Gasteiger partial charge < -0.3 is 10.0 Å². The van der Waals surface area contributed by atoms with Gasteiger partial charge in [0.1, 0.15) is 0 Å². The number of aliphatic hydroxyl groups excluding tert-OH is 1. The molecule has 0 saturated heterocycles. The molecular formula is C13H17NO2S. The van der Waals surface area contributed by atoms with Gasteiger partial charge in [-0.15, -0.1) is 11.8 Å². The summed E-state index contributed by atoms with van der Waals surface area (Å²) in [4.78, 5) is 14.7. The number of carbonyl (C=O) groups excluding carboxylic acids is 1. The van der Waals surface area contributed by atoms with Crippen LogP contribution in [0.15, 0.2) is 23.1 Å². The van der Waals surface area contributed by atoms with Crippen molar-refractivity contribution in [3.63, 3.8) is 0 Å². The van der Waals surface area contributed by atoms with E-state index in [4.69, 9.17) is 5.11 Å². The third kappa shape index (κ3) is 2.48. The highest BCUT2D eigenvalue weighted by Gasteiger charge is 2.27. The third-order valence-electron chi connectivity index (χ3n) is 2.99. The largest absolute Gasteiger partial charge is 0.396 e. The molecule has 0 aromatic heterocycles. The molecule has 1 aromatic carbocycles. The van der Waals surface area contributed by atoms with Gasteiger partial charge in [-0.05, 0) is 37.5 Å². The van der Waals surface area contributed by atoms with Crippen molar-refractivity contribution in [2.45, 2.75) is 29.9 Å². The standard InChI is InChI=1S/C13H17NO2S/c1-9-13(16)14(2)11-6-5-10(4-3-7-15)8-12(11)17-9/h5-6,8-9,15H,3-4,7H2,1-2H3. The molecule has 3 nitrogen and oxygen atoms in total. The average molecular weight is 251 g/mol. The van der Waals surface area contributed by atoms with E-state index in [0.717, 1.165) is 23.4 Å². The number of benzene rings is 1. The van der Waals surface area contributed by atoms with Crippen LogP contribution in [-0.2, 0) is 11.2 Å². The van der Waals surface area contributed by atoms with Gasteiger partial charge in [0, 0.05) is 18.6 Å². The molecule has 1 atom stereocenters. The summed E-state index contributed by atoms with van der Waals surface area (Å²) in [6.07, 6.45) is 1.67. The van der Waals surface area contributed by atoms with E-state index >= 15 is 0 Å². The normalized spacial score (nSPS) is 19.4. The van der Waals surface area contributed by atoms with E-state index in [2.05, 4.69) is 6.07 Å². The lowest BCUT2D eigenvalue weighted by Crippen LogP contribution is -2.36. The van der Waals surface area contributed by atoms with Crippen LogP contribution in [0.25, 0.3) is 0 Å². The van der Waals surface area contributed by atoms with Crippen molar-refractivity contribution in [1.29, 1.82) is 0 Å². The average Bonchev–Trinajstić information content (AvgIpc) is 2.33. The number of carbonyl (C=O) groups is 1. The first-order valence-corrected chi connectivity index (χ1v) is 6.69. The minimum Gasteiger partial charge on any atom is -0.396 e. The van der Waals surface area contributed by atoms with Crippen molar-refractivity contribution >= 4 is 23.4 Å². The molecule has 1 aliphatic heterocycles. The Morgan fingerprint density at radius 1 is 1.47 bits per heavy atom. The van der Waals surface area contributed by atoms with Crippen LogP contribution in [0.3, 0.4) is 0 Å². The van der Waals surface area contributed by atoms with Crippen LogP contribution >= 0.6 is 11.8 Å². The molecule has 92 valence electrons. The molecule has 0 spiro atoms. The Morgan fingerprint density at radius 3 is 2.94 bits per heavy atom. The van der Waals surface area contributed by atoms with E-state index in [-0.39, 0.29) is 17.8 Å². The number of thioether (sulfide) groups is 1. The summed E-state index contributed by atoms with van der Waals surface area (Å²) < 4.78 is 0. The Bertz CT molecular complexity index is 433. The lowest BCUT2D eigenvalue weighted by Gasteiger charge is -2.29. The lowest BCUT2D eigenvalue weighted by molar-refractivity contribution is -0.117. The fourth-order valence-corrected chi connectivity index (χ4v) is 3.19. The summed E-state index contributed by atoms with van der Waals surface area (Å²) in [6, 6.07) is 6.17. The highest BCUT2D eigenvalue weighted by atomic mass is 32.2. The highest BCUT2D eigenvalue weighted by Crippen LogP contribution is 2.38. The van der Waals surface area contributed by atoms with Crippen LogP contribution in [0.2, 0.25) is 0 Å². The predicted molar refractivity (Wildman–Crippen MR) is 70.6 cm³/mol. The monoisotopic (exact) mass is 251 g/mol. The van der Waals surface area contributed by atoms with Crippen molar-refractivity contribution in [3.8, 4) is 0 Å². The quantitative estimate of drug-likeness (QED) is 0.894. The molecular weight excluding hydrogens is 234 g/mol. The van der Waals surface area contributed by atoms with E-state index in [0.29, 0.717) is 0 Å². The topological polar surface area (TPSA) is 40.5 Å². The van der Waals surface area contributed by atoms with Gasteiger partial charge in [-0.2, -0.15) is 0 Å². The second kappa shape index (κ2) is 5.10. The molecule has 2 rings (SSSR count). The fraction of sp³-hybridized carbons (Fsp3) is 0.462. The van der Waals surface area contributed by atoms with Crippen molar-refractivity contribution in [3.05, 3.63) is 23.8 Å². The molecule has 1 N–H and O–H groups in total. The second-order valence-electron chi connectivity index (χ2n) is 4.29. The number of rotatable bonds is 3. The maximum Gasteiger partial charge on any atom is 0.239 e. The number of nitrogens with zero attached hydrogens (tertiary/aromatic N) is 1. The number of aryl methyl sites for hydroxylation is 1. The number of hydrogen-bond acceptors (Lipinski definition) is 3. The number of aliphatic hydroxyl groups is 1. The first-order valence-electron chi connectivity index (χ1n) is 5.81. The van der Waals surface area contributed by atoms with Gasteiger partial charge in [-0.25, -0.2) is 0 Å². The molecule has 0 radical (unpaired) electrons. The van der Waals surface area contributed by atoms with Crippen molar-refractivity contribution in [1.82, 2.24) is 0 Å². The molecule has 1 aliphatic rings. The van der Waals surface area contributed by atoms with E-state index in [9.17, 15) is 4.79 Å². The predicted octanol–water partition coefficient (Wildman–Crippen LogP) is 2.07. The summed E-state index contributed by atoms with van der Waals surface area (Å²) in [7, 11) is 1.82. The molecule has 0 aliphatic carbocycles. The second-order valence-corrected chi connectivity index (χ2v) is 5.67. The fourth-order valence-electron chi connectivity index (χ4n) is 2.00. The maximum absolute atomic E-state index is 11.8. The van der Waals surface area contributed by atoms with Gasteiger partial charge in [0.15, 0.2) is 0 Å². The molecule has 0 bridgehead atoms. The molecule has 1 aromatic rings. The van der Waals surface area contributed by atoms with Crippen LogP contribution in [0.5, 0.6) is 0 Å². The molecule has 17 heavy (non-hydrogen) atoms. The molecule has 4 heteroatoms. The lowest BCUT2D eigenvalue weighted by atomic mass is 10.1. The third-order valence-corrected chi connectivity index (χ3v) is 4.13. The van der Waals surface area contributed by atoms with Crippen LogP contribution < -0.4 is 4.90 Å². The van der Waals surface area contributed by atoms with Crippen molar-refractivity contribution in [2.24, 2.45) is 0 Å². The van der Waals surface area contributed by atoms with Crippen molar-refractivity contribution in [2.75, 3.05) is 18.6 Å². The summed E-state index contributed by atoms with van der Waals surface area (Å²) in [5.41, 5.74) is 2.21. The van der Waals surface area contributed by atoms with Crippen molar-refractivity contribution < 1.29 is 9.90 Å². The minimum atomic E-state index is -0.0133. The summed E-state index contributed by atoms with van der Waals surface area (Å²) >= 11 is 1.62. The SMILES string of the molecule is CC1Sc2cc(CCCO)ccc2N(C)C1=O. The number of hydrogen-bond donors (Lipinski definition) is 1. The zero-order valence-corrected chi connectivity index (χ0v) is 11.0. The van der Waals surface area contributed by atoms with E-state index in [1.54, 1.807) is 16.7 Å². The van der Waals surface area contributed by atoms with Gasteiger partial charge in [0.05, 0.1) is 10.9 Å². The van der Waals surface area contributed by atoms with Gasteiger partial charge >= 0.3 is 0 Å². The summed E-state index contributed by atoms with van der Waals surface area (Å²) in [5.74, 6) is 0.158. The Balaban J connectivity index is 2.27. The van der Waals surface area contributed by atoms with Crippen LogP contribution in [0, 0.1) is 0 Å². The van der Waals surface area contributed by atoms with Gasteiger partial charge in [-0.3, -0.25) is 4.79 Å². The molecule has 1 unspecified atom stereocenters. The van der Waals surface area contributed by atoms with E-state index in [1.165, 1.54) is 5.56 Å². The minimum absolute atomic E-state index is 0.0133. The zero-order valence-electron chi connectivity index (χ0n) is 10.1. The van der Waals surface area contributed by atoms with Crippen LogP contribution in [-0.4, -0.2) is 29.9 Å². The number of anilines is 1. The van der Waals surface area contributed by atoms with Crippen LogP contribution in [0.1, 0.15) is 18.9 Å². The number of amides is 1. The Hall–Kier alpha value is -1.00. The summed E-state index contributed by atoms with van der Waals surface area (Å²) in [5, 5.41) is 8.81. The first kappa shape index (κ1) is 12.5. The van der Waals surface area contributed by atoms with Gasteiger partial charge in [0.25, 0.3) is 0 Å². The van der Waals surface area contributed by atoms with Crippen LogP contribution in [0.4, 0.5) is 5.69 Å². The first-order chi connectivity index (χ1) is 8.13. The smallest absolute Gasteiger partial charge is 0.239 e. The van der Waals surface area contributed by atoms with E-state index < -0.39 is 0 Å². The number of fused-ring (bicyclic) bond motifs is 1. The molecule has 1 heterocycles. The molecule has 0 saturated carbocycles. The Kier molecular flexibility index (Phi) is 3.74. The molecule has 1 amide bonds. The Labute approximate surface area is 106 Å². The van der Waals surface area contributed by atoms with Gasteiger partial charge in [-0.1, -0.05) is 6.07 Å². The highest BCUT2D eigenvalue weighted by molar-refractivity contribution is 8.00. The molecule has 0 fully saturated rings. The Morgan fingerprint density at radius 2 is 2.24 bits per heavy atom. The van der Waals surface area contributed by atoms with E-state index in [1.807, 2.05) is 26.1 Å². The maximum atomic E-state index is 11.8. The summed E-state index contributed by atoms with van der Waals surface area (Å²) in [6.45, 7) is 2.16. The zero-order chi connectivity index (χ0) is 12.4.